The van der Waals surface area contributed by atoms with Crippen molar-refractivity contribution in [1.82, 2.24) is 15.1 Å². The molecule has 0 bridgehead atoms. The fourth-order valence-electron chi connectivity index (χ4n) is 2.50. The number of carbonyl (C=O) groups excluding carboxylic acids is 1. The van der Waals surface area contributed by atoms with Gasteiger partial charge in [0.25, 0.3) is 0 Å². The van der Waals surface area contributed by atoms with Gasteiger partial charge in [-0.1, -0.05) is 6.07 Å². The summed E-state index contributed by atoms with van der Waals surface area (Å²) in [5.74, 6) is 0.101. The van der Waals surface area contributed by atoms with Gasteiger partial charge in [0.1, 0.15) is 0 Å². The largest absolute Gasteiger partial charge is 0.355 e. The number of rotatable bonds is 6. The molecule has 6 heteroatoms. The lowest BCUT2D eigenvalue weighted by Crippen LogP contribution is -2.57. The van der Waals surface area contributed by atoms with E-state index in [0.29, 0.717) is 19.6 Å². The van der Waals surface area contributed by atoms with Gasteiger partial charge in [0, 0.05) is 43.6 Å². The summed E-state index contributed by atoms with van der Waals surface area (Å²) < 4.78 is 0. The third-order valence-corrected chi connectivity index (χ3v) is 4.64. The normalized spacial score (nSPS) is 21.0. The van der Waals surface area contributed by atoms with Crippen molar-refractivity contribution in [3.05, 3.63) is 22.4 Å². The molecule has 0 spiro atoms. The molecule has 20 heavy (non-hydrogen) atoms. The molecule has 0 aliphatic carbocycles. The van der Waals surface area contributed by atoms with E-state index in [1.807, 2.05) is 6.07 Å². The van der Waals surface area contributed by atoms with Crippen LogP contribution in [0, 0.1) is 0 Å². The summed E-state index contributed by atoms with van der Waals surface area (Å²) in [4.78, 5) is 17.8. The van der Waals surface area contributed by atoms with Crippen molar-refractivity contribution in [1.29, 1.82) is 0 Å². The SMILES string of the molecule is CN1CCN(CC(=O)NCCc2cccs2)C(CN)C1. The van der Waals surface area contributed by atoms with Gasteiger partial charge in [0.15, 0.2) is 0 Å². The molecule has 1 aliphatic heterocycles. The number of likely N-dealkylation sites (N-methyl/N-ethyl adjacent to an activating group) is 1. The molecule has 2 heterocycles. The van der Waals surface area contributed by atoms with Crippen molar-refractivity contribution < 1.29 is 4.79 Å². The molecular formula is C14H24N4OS. The lowest BCUT2D eigenvalue weighted by molar-refractivity contribution is -0.123. The van der Waals surface area contributed by atoms with Crippen molar-refractivity contribution in [3.63, 3.8) is 0 Å². The first kappa shape index (κ1) is 15.4. The van der Waals surface area contributed by atoms with E-state index in [9.17, 15) is 4.79 Å². The average Bonchev–Trinajstić information content (AvgIpc) is 2.94. The van der Waals surface area contributed by atoms with Gasteiger partial charge in [0.2, 0.25) is 5.91 Å². The minimum atomic E-state index is 0.101. The highest BCUT2D eigenvalue weighted by atomic mass is 32.1. The van der Waals surface area contributed by atoms with Gasteiger partial charge in [-0.25, -0.2) is 0 Å². The van der Waals surface area contributed by atoms with Crippen LogP contribution in [0.25, 0.3) is 0 Å². The smallest absolute Gasteiger partial charge is 0.234 e. The van der Waals surface area contributed by atoms with Crippen LogP contribution in [0.4, 0.5) is 0 Å². The van der Waals surface area contributed by atoms with Crippen LogP contribution in [-0.2, 0) is 11.2 Å². The molecule has 1 aromatic heterocycles. The number of nitrogens with one attached hydrogen (secondary N) is 1. The standard InChI is InChI=1S/C14H24N4OS/c1-17-6-7-18(12(9-15)10-17)11-14(19)16-5-4-13-3-2-8-20-13/h2-3,8,12H,4-7,9-11,15H2,1H3,(H,16,19). The van der Waals surface area contributed by atoms with Gasteiger partial charge in [-0.05, 0) is 24.9 Å². The summed E-state index contributed by atoms with van der Waals surface area (Å²) in [5, 5.41) is 5.06. The summed E-state index contributed by atoms with van der Waals surface area (Å²) >= 11 is 1.73. The van der Waals surface area contributed by atoms with Gasteiger partial charge in [-0.15, -0.1) is 11.3 Å². The molecule has 5 nitrogen and oxygen atoms in total. The Morgan fingerprint density at radius 2 is 2.40 bits per heavy atom. The number of hydrogen-bond donors (Lipinski definition) is 2. The highest BCUT2D eigenvalue weighted by molar-refractivity contribution is 7.09. The maximum Gasteiger partial charge on any atom is 0.234 e. The van der Waals surface area contributed by atoms with Crippen LogP contribution >= 0.6 is 11.3 Å². The molecule has 1 saturated heterocycles. The Morgan fingerprint density at radius 1 is 1.55 bits per heavy atom. The van der Waals surface area contributed by atoms with E-state index in [-0.39, 0.29) is 11.9 Å². The Balaban J connectivity index is 1.70. The second-order valence-corrected chi connectivity index (χ2v) is 6.33. The topological polar surface area (TPSA) is 61.6 Å². The minimum Gasteiger partial charge on any atom is -0.355 e. The Labute approximate surface area is 124 Å². The summed E-state index contributed by atoms with van der Waals surface area (Å²) in [5.41, 5.74) is 5.80. The molecular weight excluding hydrogens is 272 g/mol. The summed E-state index contributed by atoms with van der Waals surface area (Å²) in [6.45, 7) is 4.63. The fourth-order valence-corrected chi connectivity index (χ4v) is 3.21. The van der Waals surface area contributed by atoms with Crippen LogP contribution in [0.1, 0.15) is 4.88 Å². The second kappa shape index (κ2) is 7.73. The first-order chi connectivity index (χ1) is 9.69. The van der Waals surface area contributed by atoms with Crippen molar-refractivity contribution in [2.45, 2.75) is 12.5 Å². The zero-order valence-corrected chi connectivity index (χ0v) is 12.9. The average molecular weight is 296 g/mol. The van der Waals surface area contributed by atoms with Crippen molar-refractivity contribution in [3.8, 4) is 0 Å². The second-order valence-electron chi connectivity index (χ2n) is 5.30. The fraction of sp³-hybridized carbons (Fsp3) is 0.643. The van der Waals surface area contributed by atoms with Gasteiger partial charge in [-0.2, -0.15) is 0 Å². The van der Waals surface area contributed by atoms with Crippen LogP contribution < -0.4 is 11.1 Å². The Morgan fingerprint density at radius 3 is 3.10 bits per heavy atom. The quantitative estimate of drug-likeness (QED) is 0.775. The van der Waals surface area contributed by atoms with E-state index in [0.717, 1.165) is 26.1 Å². The van der Waals surface area contributed by atoms with E-state index in [1.165, 1.54) is 4.88 Å². The summed E-state index contributed by atoms with van der Waals surface area (Å²) in [6, 6.07) is 4.43. The van der Waals surface area contributed by atoms with E-state index >= 15 is 0 Å². The lowest BCUT2D eigenvalue weighted by Gasteiger charge is -2.39. The molecule has 1 atom stereocenters. The molecule has 3 N–H and O–H groups in total. The van der Waals surface area contributed by atoms with E-state index < -0.39 is 0 Å². The van der Waals surface area contributed by atoms with Gasteiger partial charge in [0.05, 0.1) is 6.54 Å². The maximum atomic E-state index is 12.0. The molecule has 0 saturated carbocycles. The number of nitrogens with zero attached hydrogens (tertiary/aromatic N) is 2. The molecule has 1 amide bonds. The minimum absolute atomic E-state index is 0.101. The zero-order valence-electron chi connectivity index (χ0n) is 12.0. The van der Waals surface area contributed by atoms with Gasteiger partial charge >= 0.3 is 0 Å². The van der Waals surface area contributed by atoms with Crippen molar-refractivity contribution >= 4 is 17.2 Å². The van der Waals surface area contributed by atoms with Crippen LogP contribution in [0.15, 0.2) is 17.5 Å². The van der Waals surface area contributed by atoms with Crippen LogP contribution in [0.5, 0.6) is 0 Å². The van der Waals surface area contributed by atoms with Gasteiger partial charge in [-0.3, -0.25) is 9.69 Å². The molecule has 2 rings (SSSR count). The Hall–Kier alpha value is -0.950. The molecule has 0 aromatic carbocycles. The van der Waals surface area contributed by atoms with Crippen LogP contribution in [0.3, 0.4) is 0 Å². The third kappa shape index (κ3) is 4.56. The third-order valence-electron chi connectivity index (χ3n) is 3.70. The highest BCUT2D eigenvalue weighted by Gasteiger charge is 2.25. The molecule has 1 unspecified atom stereocenters. The number of nitrogens with two attached hydrogens (primary N) is 1. The van der Waals surface area contributed by atoms with Gasteiger partial charge < -0.3 is 16.0 Å². The van der Waals surface area contributed by atoms with Crippen LogP contribution in [0.2, 0.25) is 0 Å². The molecule has 1 aromatic rings. The first-order valence-electron chi connectivity index (χ1n) is 7.11. The summed E-state index contributed by atoms with van der Waals surface area (Å²) in [6.07, 6.45) is 0.909. The number of hydrogen-bond acceptors (Lipinski definition) is 5. The number of thiophene rings is 1. The monoisotopic (exact) mass is 296 g/mol. The van der Waals surface area contributed by atoms with Crippen molar-refractivity contribution in [2.24, 2.45) is 5.73 Å². The number of carbonyl (C=O) groups is 1. The lowest BCUT2D eigenvalue weighted by atomic mass is 10.1. The zero-order chi connectivity index (χ0) is 14.4. The Kier molecular flexibility index (Phi) is 5.97. The van der Waals surface area contributed by atoms with E-state index in [1.54, 1.807) is 11.3 Å². The van der Waals surface area contributed by atoms with Crippen LogP contribution in [-0.4, -0.2) is 68.1 Å². The predicted octanol–water partition coefficient (Wildman–Crippen LogP) is -0.0185. The Bertz CT molecular complexity index is 409. The summed E-state index contributed by atoms with van der Waals surface area (Å²) in [7, 11) is 2.10. The number of amides is 1. The van der Waals surface area contributed by atoms with Crippen molar-refractivity contribution in [2.75, 3.05) is 46.3 Å². The van der Waals surface area contributed by atoms with E-state index in [2.05, 4.69) is 33.6 Å². The number of piperazine rings is 1. The molecule has 112 valence electrons. The first-order valence-corrected chi connectivity index (χ1v) is 7.98. The molecule has 0 radical (unpaired) electrons. The highest BCUT2D eigenvalue weighted by Crippen LogP contribution is 2.08. The maximum absolute atomic E-state index is 12.0. The molecule has 1 aliphatic rings. The predicted molar refractivity (Wildman–Crippen MR) is 82.9 cm³/mol. The van der Waals surface area contributed by atoms with E-state index in [4.69, 9.17) is 5.73 Å². The molecule has 1 fully saturated rings.